The van der Waals surface area contributed by atoms with Crippen LogP contribution in [-0.4, -0.2) is 25.5 Å². The first-order valence-corrected chi connectivity index (χ1v) is 11.2. The van der Waals surface area contributed by atoms with Crippen molar-refractivity contribution in [3.63, 3.8) is 0 Å². The summed E-state index contributed by atoms with van der Waals surface area (Å²) in [5.41, 5.74) is 1.16. The number of carbonyl (C=O) groups excluding carboxylic acids is 1. The molecule has 24 heavy (non-hydrogen) atoms. The van der Waals surface area contributed by atoms with Gasteiger partial charge in [-0.1, -0.05) is 63.7 Å². The van der Waals surface area contributed by atoms with Gasteiger partial charge in [-0.25, -0.2) is 0 Å². The minimum Gasteiger partial charge on any atom is -0.459 e. The minimum absolute atomic E-state index is 0.00734. The maximum absolute atomic E-state index is 11.7. The van der Waals surface area contributed by atoms with Crippen LogP contribution >= 0.6 is 0 Å². The fraction of sp³-hybridized carbons (Fsp3) is 0.550. The van der Waals surface area contributed by atoms with Gasteiger partial charge in [-0.15, -0.1) is 0 Å². The SMILES string of the molecule is C/C=C/[C@](C)(OC(C)=O)[Si@@](C)(COCc1ccccc1)C(C)(C)C. The molecule has 2 atom stereocenters. The van der Waals surface area contributed by atoms with Crippen molar-refractivity contribution in [1.82, 2.24) is 0 Å². The van der Waals surface area contributed by atoms with Crippen LogP contribution in [0.3, 0.4) is 0 Å². The van der Waals surface area contributed by atoms with E-state index in [0.29, 0.717) is 12.8 Å². The first-order chi connectivity index (χ1) is 11.1. The highest BCUT2D eigenvalue weighted by atomic mass is 28.3. The molecule has 0 N–H and O–H groups in total. The summed E-state index contributed by atoms with van der Waals surface area (Å²) in [5, 5.41) is -0.601. The molecule has 0 heterocycles. The average Bonchev–Trinajstić information content (AvgIpc) is 2.46. The Bertz CT molecular complexity index is 562. The summed E-state index contributed by atoms with van der Waals surface area (Å²) in [6.07, 6.45) is 4.62. The van der Waals surface area contributed by atoms with E-state index in [1.807, 2.05) is 44.2 Å². The van der Waals surface area contributed by atoms with Gasteiger partial charge in [-0.3, -0.25) is 4.79 Å². The van der Waals surface area contributed by atoms with Gasteiger partial charge in [0, 0.05) is 13.2 Å². The van der Waals surface area contributed by atoms with Crippen LogP contribution in [0.2, 0.25) is 11.6 Å². The Hall–Kier alpha value is -1.39. The molecule has 0 radical (unpaired) electrons. The van der Waals surface area contributed by atoms with Gasteiger partial charge in [0.25, 0.3) is 0 Å². The lowest BCUT2D eigenvalue weighted by Gasteiger charge is -2.49. The largest absolute Gasteiger partial charge is 0.459 e. The Morgan fingerprint density at radius 3 is 2.21 bits per heavy atom. The van der Waals surface area contributed by atoms with Gasteiger partial charge in [0.1, 0.15) is 13.3 Å². The third kappa shape index (κ3) is 4.80. The number of carbonyl (C=O) groups is 1. The zero-order valence-corrected chi connectivity index (χ0v) is 17.2. The van der Waals surface area contributed by atoms with Crippen molar-refractivity contribution in [2.24, 2.45) is 0 Å². The van der Waals surface area contributed by atoms with Crippen molar-refractivity contribution < 1.29 is 14.3 Å². The molecule has 1 aromatic rings. The van der Waals surface area contributed by atoms with E-state index in [2.05, 4.69) is 39.5 Å². The number of benzene rings is 1. The van der Waals surface area contributed by atoms with Crippen LogP contribution in [0.5, 0.6) is 0 Å². The standard InChI is InChI=1S/C20H32O3Si/c1-8-14-20(6,23-17(2)21)24(7,19(3,4)5)16-22-15-18-12-10-9-11-13-18/h8-14H,15-16H2,1-7H3/b14-8+/t20-,24+/m1/s1. The summed E-state index contributed by atoms with van der Waals surface area (Å²) in [7, 11) is -2.19. The molecule has 0 unspecified atom stereocenters. The van der Waals surface area contributed by atoms with Crippen LogP contribution in [0.1, 0.15) is 47.1 Å². The Morgan fingerprint density at radius 2 is 1.75 bits per heavy atom. The molecule has 0 saturated heterocycles. The van der Waals surface area contributed by atoms with Crippen molar-refractivity contribution in [2.45, 2.75) is 65.0 Å². The summed E-state index contributed by atoms with van der Waals surface area (Å²) < 4.78 is 12.0. The number of hydrogen-bond donors (Lipinski definition) is 0. The summed E-state index contributed by atoms with van der Waals surface area (Å²) in [6, 6.07) is 10.2. The van der Waals surface area contributed by atoms with E-state index < -0.39 is 13.3 Å². The lowest BCUT2D eigenvalue weighted by atomic mass is 10.2. The highest BCUT2D eigenvalue weighted by Gasteiger charge is 2.55. The lowest BCUT2D eigenvalue weighted by molar-refractivity contribution is -0.146. The van der Waals surface area contributed by atoms with E-state index in [-0.39, 0.29) is 11.0 Å². The Balaban J connectivity index is 3.05. The molecular weight excluding hydrogens is 316 g/mol. The number of hydrogen-bond acceptors (Lipinski definition) is 3. The monoisotopic (exact) mass is 348 g/mol. The number of rotatable bonds is 7. The predicted octanol–water partition coefficient (Wildman–Crippen LogP) is 5.06. The third-order valence-corrected chi connectivity index (χ3v) is 11.6. The van der Waals surface area contributed by atoms with Gasteiger partial charge in [-0.2, -0.15) is 0 Å². The molecular formula is C20H32O3Si. The minimum atomic E-state index is -2.19. The van der Waals surface area contributed by atoms with Crippen LogP contribution in [0.4, 0.5) is 0 Å². The zero-order chi connectivity index (χ0) is 18.4. The van der Waals surface area contributed by atoms with Gasteiger partial charge in [0.05, 0.1) is 6.61 Å². The van der Waals surface area contributed by atoms with Gasteiger partial charge >= 0.3 is 5.97 Å². The van der Waals surface area contributed by atoms with Crippen LogP contribution in [0, 0.1) is 0 Å². The molecule has 0 fully saturated rings. The molecule has 0 aliphatic rings. The molecule has 0 amide bonds. The molecule has 1 aromatic carbocycles. The smallest absolute Gasteiger partial charge is 0.303 e. The maximum atomic E-state index is 11.7. The van der Waals surface area contributed by atoms with Gasteiger partial charge in [-0.05, 0) is 30.5 Å². The van der Waals surface area contributed by atoms with Crippen molar-refractivity contribution in [2.75, 3.05) is 6.23 Å². The second-order valence-corrected chi connectivity index (χ2v) is 13.2. The number of esters is 1. The topological polar surface area (TPSA) is 35.5 Å². The summed E-state index contributed by atoms with van der Waals surface area (Å²) in [6.45, 7) is 15.0. The first kappa shape index (κ1) is 20.7. The molecule has 0 spiro atoms. The molecule has 0 saturated carbocycles. The van der Waals surface area contributed by atoms with E-state index in [1.54, 1.807) is 0 Å². The van der Waals surface area contributed by atoms with E-state index in [1.165, 1.54) is 6.92 Å². The van der Waals surface area contributed by atoms with Gasteiger partial charge < -0.3 is 9.47 Å². The van der Waals surface area contributed by atoms with E-state index in [4.69, 9.17) is 9.47 Å². The summed E-state index contributed by atoms with van der Waals surface area (Å²) >= 11 is 0. The summed E-state index contributed by atoms with van der Waals surface area (Å²) in [4.78, 5) is 11.7. The average molecular weight is 349 g/mol. The Kier molecular flexibility index (Phi) is 6.99. The number of allylic oxidation sites excluding steroid dienone is 1. The maximum Gasteiger partial charge on any atom is 0.303 e. The normalized spacial score (nSPS) is 17.3. The zero-order valence-electron chi connectivity index (χ0n) is 16.2. The Labute approximate surface area is 148 Å². The highest BCUT2D eigenvalue weighted by molar-refractivity contribution is 6.84. The quantitative estimate of drug-likeness (QED) is 0.392. The molecule has 1 rings (SSSR count). The van der Waals surface area contributed by atoms with Crippen molar-refractivity contribution in [3.05, 3.63) is 48.0 Å². The molecule has 0 aliphatic carbocycles. The summed E-state index contributed by atoms with van der Waals surface area (Å²) in [5.74, 6) is -0.248. The third-order valence-electron chi connectivity index (χ3n) is 5.09. The second kappa shape index (κ2) is 8.12. The van der Waals surface area contributed by atoms with Crippen LogP contribution in [-0.2, 0) is 20.9 Å². The van der Waals surface area contributed by atoms with Gasteiger partial charge in [0.2, 0.25) is 0 Å². The molecule has 3 nitrogen and oxygen atoms in total. The first-order valence-electron chi connectivity index (χ1n) is 8.51. The van der Waals surface area contributed by atoms with E-state index >= 15 is 0 Å². The predicted molar refractivity (Wildman–Crippen MR) is 102 cm³/mol. The van der Waals surface area contributed by atoms with Crippen molar-refractivity contribution in [1.29, 1.82) is 0 Å². The second-order valence-electron chi connectivity index (χ2n) is 7.76. The lowest BCUT2D eigenvalue weighted by Crippen LogP contribution is -2.64. The number of ether oxygens (including phenoxy) is 2. The fourth-order valence-corrected chi connectivity index (χ4v) is 6.62. The molecule has 0 aliphatic heterocycles. The van der Waals surface area contributed by atoms with Crippen molar-refractivity contribution >= 4 is 14.0 Å². The molecule has 4 heteroatoms. The van der Waals surface area contributed by atoms with E-state index in [9.17, 15) is 4.79 Å². The Morgan fingerprint density at radius 1 is 1.17 bits per heavy atom. The molecule has 0 bridgehead atoms. The molecule has 134 valence electrons. The van der Waals surface area contributed by atoms with Crippen LogP contribution in [0.25, 0.3) is 0 Å². The highest BCUT2D eigenvalue weighted by Crippen LogP contribution is 2.45. The van der Waals surface area contributed by atoms with Gasteiger partial charge in [0.15, 0.2) is 0 Å². The van der Waals surface area contributed by atoms with Crippen molar-refractivity contribution in [3.8, 4) is 0 Å². The van der Waals surface area contributed by atoms with Crippen LogP contribution in [0.15, 0.2) is 42.5 Å². The van der Waals surface area contributed by atoms with Crippen LogP contribution < -0.4 is 0 Å². The molecule has 0 aromatic heterocycles. The fourth-order valence-electron chi connectivity index (χ4n) is 3.00. The van der Waals surface area contributed by atoms with E-state index in [0.717, 1.165) is 5.56 Å².